The number of benzene rings is 3. The van der Waals surface area contributed by atoms with Gasteiger partial charge in [-0.2, -0.15) is 5.10 Å². The lowest BCUT2D eigenvalue weighted by Gasteiger charge is -2.10. The van der Waals surface area contributed by atoms with Crippen molar-refractivity contribution >= 4 is 23.4 Å². The van der Waals surface area contributed by atoms with E-state index >= 15 is 0 Å². The molecule has 0 fully saturated rings. The number of methoxy groups -OCH3 is 1. The molecule has 178 valence electrons. The molecular weight excluding hydrogens is 462 g/mol. The number of carbonyl (C=O) groups excluding carboxylic acids is 1. The maximum Gasteiger partial charge on any atom is 0.250 e. The van der Waals surface area contributed by atoms with Gasteiger partial charge in [-0.25, -0.2) is 5.43 Å². The first-order valence-corrected chi connectivity index (χ1v) is 11.9. The van der Waals surface area contributed by atoms with Crippen molar-refractivity contribution in [3.63, 3.8) is 0 Å². The highest BCUT2D eigenvalue weighted by atomic mass is 32.2. The molecule has 4 aromatic rings. The number of hydrogen-bond acceptors (Lipinski definition) is 7. The number of aryl methyl sites for hydroxylation is 1. The molecule has 0 spiro atoms. The van der Waals surface area contributed by atoms with Crippen molar-refractivity contribution in [1.29, 1.82) is 0 Å². The van der Waals surface area contributed by atoms with Crippen LogP contribution in [-0.2, 0) is 4.79 Å². The summed E-state index contributed by atoms with van der Waals surface area (Å²) in [6.07, 6.45) is 0. The van der Waals surface area contributed by atoms with Crippen molar-refractivity contribution < 1.29 is 14.6 Å². The maximum absolute atomic E-state index is 12.5. The van der Waals surface area contributed by atoms with Crippen LogP contribution in [0, 0.1) is 6.92 Å². The third-order valence-corrected chi connectivity index (χ3v) is 6.16. The lowest BCUT2D eigenvalue weighted by Crippen LogP contribution is -2.21. The van der Waals surface area contributed by atoms with E-state index in [0.29, 0.717) is 22.4 Å². The number of thioether (sulfide) groups is 1. The van der Waals surface area contributed by atoms with Crippen molar-refractivity contribution in [2.24, 2.45) is 5.10 Å². The van der Waals surface area contributed by atoms with E-state index in [9.17, 15) is 9.90 Å². The van der Waals surface area contributed by atoms with Crippen molar-refractivity contribution in [2.75, 3.05) is 12.9 Å². The van der Waals surface area contributed by atoms with Gasteiger partial charge in [0, 0.05) is 16.8 Å². The highest BCUT2D eigenvalue weighted by Gasteiger charge is 2.17. The molecule has 1 amide bonds. The van der Waals surface area contributed by atoms with E-state index in [4.69, 9.17) is 4.74 Å². The first kappa shape index (κ1) is 24.0. The number of aromatic hydroxyl groups is 1. The zero-order valence-electron chi connectivity index (χ0n) is 19.6. The Balaban J connectivity index is 1.50. The van der Waals surface area contributed by atoms with Crippen LogP contribution >= 0.6 is 11.8 Å². The molecule has 35 heavy (non-hydrogen) atoms. The van der Waals surface area contributed by atoms with E-state index in [0.717, 1.165) is 22.4 Å². The van der Waals surface area contributed by atoms with Gasteiger partial charge in [0.15, 0.2) is 22.5 Å². The Morgan fingerprint density at radius 2 is 1.83 bits per heavy atom. The Kier molecular flexibility index (Phi) is 7.47. The van der Waals surface area contributed by atoms with Crippen molar-refractivity contribution in [3.05, 3.63) is 83.9 Å². The molecule has 9 heteroatoms. The number of hydrazone groups is 1. The van der Waals surface area contributed by atoms with Crippen LogP contribution in [0.25, 0.3) is 17.1 Å². The Labute approximate surface area is 207 Å². The van der Waals surface area contributed by atoms with E-state index in [2.05, 4.69) is 20.7 Å². The molecular formula is C26H25N5O3S. The average molecular weight is 488 g/mol. The number of nitrogens with zero attached hydrogens (tertiary/aromatic N) is 4. The molecule has 0 aliphatic heterocycles. The van der Waals surface area contributed by atoms with Crippen LogP contribution in [0.1, 0.15) is 18.1 Å². The van der Waals surface area contributed by atoms with Crippen molar-refractivity contribution in [3.8, 4) is 28.6 Å². The number of ether oxygens (including phenoxy) is 1. The summed E-state index contributed by atoms with van der Waals surface area (Å²) in [5.41, 5.74) is 6.87. The van der Waals surface area contributed by atoms with Gasteiger partial charge >= 0.3 is 0 Å². The molecule has 0 unspecified atom stereocenters. The second-order valence-electron chi connectivity index (χ2n) is 7.75. The van der Waals surface area contributed by atoms with Crippen LogP contribution in [0.2, 0.25) is 0 Å². The minimum absolute atomic E-state index is 0.0389. The summed E-state index contributed by atoms with van der Waals surface area (Å²) in [4.78, 5) is 12.5. The molecule has 4 rings (SSSR count). The Hall–Kier alpha value is -4.11. The van der Waals surface area contributed by atoms with Gasteiger partial charge in [-0.1, -0.05) is 59.8 Å². The first-order valence-electron chi connectivity index (χ1n) is 10.9. The molecule has 1 aromatic heterocycles. The fraction of sp³-hybridized carbons (Fsp3) is 0.154. The lowest BCUT2D eigenvalue weighted by atomic mass is 10.1. The number of rotatable bonds is 8. The summed E-state index contributed by atoms with van der Waals surface area (Å²) in [6.45, 7) is 3.80. The fourth-order valence-corrected chi connectivity index (χ4v) is 4.08. The van der Waals surface area contributed by atoms with Gasteiger partial charge in [0.05, 0.1) is 18.6 Å². The van der Waals surface area contributed by atoms with E-state index in [-0.39, 0.29) is 17.4 Å². The summed E-state index contributed by atoms with van der Waals surface area (Å²) in [5.74, 6) is 0.905. The van der Waals surface area contributed by atoms with Crippen molar-refractivity contribution in [1.82, 2.24) is 20.2 Å². The van der Waals surface area contributed by atoms with Gasteiger partial charge in [0.25, 0.3) is 5.91 Å². The smallest absolute Gasteiger partial charge is 0.250 e. The van der Waals surface area contributed by atoms with E-state index in [1.165, 1.54) is 24.9 Å². The average Bonchev–Trinajstić information content (AvgIpc) is 3.31. The van der Waals surface area contributed by atoms with Gasteiger partial charge in [-0.05, 0) is 44.2 Å². The second kappa shape index (κ2) is 10.9. The van der Waals surface area contributed by atoms with Crippen molar-refractivity contribution in [2.45, 2.75) is 19.0 Å². The highest BCUT2D eigenvalue weighted by molar-refractivity contribution is 7.99. The minimum atomic E-state index is -0.278. The Morgan fingerprint density at radius 1 is 1.09 bits per heavy atom. The molecule has 3 aromatic carbocycles. The monoisotopic (exact) mass is 487 g/mol. The molecule has 0 saturated carbocycles. The number of phenolic OH excluding ortho intramolecular Hbond substituents is 1. The Morgan fingerprint density at radius 3 is 2.54 bits per heavy atom. The van der Waals surface area contributed by atoms with Crippen LogP contribution in [0.4, 0.5) is 0 Å². The van der Waals surface area contributed by atoms with Crippen LogP contribution in [0.3, 0.4) is 0 Å². The summed E-state index contributed by atoms with van der Waals surface area (Å²) >= 11 is 1.28. The predicted molar refractivity (Wildman–Crippen MR) is 137 cm³/mol. The number of aromatic nitrogens is 3. The second-order valence-corrected chi connectivity index (χ2v) is 8.69. The van der Waals surface area contributed by atoms with Crippen LogP contribution < -0.4 is 10.2 Å². The number of phenols is 1. The largest absolute Gasteiger partial charge is 0.504 e. The van der Waals surface area contributed by atoms with Gasteiger partial charge in [0.2, 0.25) is 0 Å². The van der Waals surface area contributed by atoms with E-state index in [1.54, 1.807) is 19.1 Å². The van der Waals surface area contributed by atoms with E-state index in [1.807, 2.05) is 66.1 Å². The number of nitrogens with one attached hydrogen (secondary N) is 1. The SMILES string of the molecule is COc1cc(/C(C)=N\NC(=O)CSc2nnc(-c3ccccc3)n2-c2ccc(C)cc2)ccc1O. The standard InChI is InChI=1S/C26H25N5O3S/c1-17-9-12-21(13-10-17)31-25(19-7-5-4-6-8-19)29-30-26(31)35-16-24(33)28-27-18(2)20-11-14-22(32)23(15-20)34-3/h4-15,32H,16H2,1-3H3,(H,28,33)/b27-18-. The summed E-state index contributed by atoms with van der Waals surface area (Å²) in [7, 11) is 1.48. The van der Waals surface area contributed by atoms with Gasteiger partial charge in [0.1, 0.15) is 0 Å². The van der Waals surface area contributed by atoms with E-state index < -0.39 is 0 Å². The molecule has 8 nitrogen and oxygen atoms in total. The van der Waals surface area contributed by atoms with Crippen LogP contribution in [0.5, 0.6) is 11.5 Å². The number of amides is 1. The zero-order valence-corrected chi connectivity index (χ0v) is 20.4. The molecule has 0 aliphatic carbocycles. The minimum Gasteiger partial charge on any atom is -0.504 e. The molecule has 0 bridgehead atoms. The quantitative estimate of drug-likeness (QED) is 0.214. The molecule has 1 heterocycles. The van der Waals surface area contributed by atoms with Gasteiger partial charge < -0.3 is 9.84 Å². The Bertz CT molecular complexity index is 1350. The molecule has 0 aliphatic rings. The molecule has 0 radical (unpaired) electrons. The third-order valence-electron chi connectivity index (χ3n) is 5.24. The number of hydrogen-bond donors (Lipinski definition) is 2. The van der Waals surface area contributed by atoms with Gasteiger partial charge in [-0.15, -0.1) is 10.2 Å². The summed E-state index contributed by atoms with van der Waals surface area (Å²) < 4.78 is 7.07. The molecule has 0 atom stereocenters. The lowest BCUT2D eigenvalue weighted by molar-refractivity contribution is -0.118. The molecule has 2 N–H and O–H groups in total. The highest BCUT2D eigenvalue weighted by Crippen LogP contribution is 2.28. The first-order chi connectivity index (χ1) is 17.0. The third kappa shape index (κ3) is 5.70. The number of carbonyl (C=O) groups is 1. The summed E-state index contributed by atoms with van der Waals surface area (Å²) in [5, 5.41) is 23.3. The van der Waals surface area contributed by atoms with Gasteiger partial charge in [-0.3, -0.25) is 9.36 Å². The van der Waals surface area contributed by atoms with Crippen LogP contribution in [0.15, 0.2) is 83.1 Å². The maximum atomic E-state index is 12.5. The topological polar surface area (TPSA) is 102 Å². The molecule has 0 saturated heterocycles. The summed E-state index contributed by atoms with van der Waals surface area (Å²) in [6, 6.07) is 22.8. The fourth-order valence-electron chi connectivity index (χ4n) is 3.34. The normalized spacial score (nSPS) is 11.3. The van der Waals surface area contributed by atoms with Crippen LogP contribution in [-0.4, -0.2) is 44.4 Å². The predicted octanol–water partition coefficient (Wildman–Crippen LogP) is 4.59. The zero-order chi connectivity index (χ0) is 24.8.